The molecule has 0 aliphatic carbocycles. The lowest BCUT2D eigenvalue weighted by molar-refractivity contribution is -0.0444. The van der Waals surface area contributed by atoms with Gasteiger partial charge in [0.25, 0.3) is 0 Å². The molecule has 4 heterocycles. The van der Waals surface area contributed by atoms with E-state index in [1.54, 1.807) is 13.3 Å². The maximum Gasteiger partial charge on any atom is 0.119 e. The van der Waals surface area contributed by atoms with Crippen LogP contribution in [-0.2, 0) is 0 Å². The van der Waals surface area contributed by atoms with Crippen LogP contribution < -0.4 is 4.74 Å². The van der Waals surface area contributed by atoms with E-state index in [9.17, 15) is 5.11 Å². The Labute approximate surface area is 142 Å². The van der Waals surface area contributed by atoms with Crippen molar-refractivity contribution >= 4 is 10.9 Å². The van der Waals surface area contributed by atoms with Crippen molar-refractivity contribution in [3.63, 3.8) is 0 Å². The normalized spacial score (nSPS) is 30.2. The van der Waals surface area contributed by atoms with E-state index in [-0.39, 0.29) is 6.04 Å². The van der Waals surface area contributed by atoms with E-state index >= 15 is 0 Å². The number of hydrogen-bond donors (Lipinski definition) is 1. The Bertz CT molecular complexity index is 760. The minimum atomic E-state index is -0.504. The van der Waals surface area contributed by atoms with Crippen molar-refractivity contribution in [2.24, 2.45) is 11.8 Å². The SMILES string of the molecule is C=C[C@H]1CN2CCC1C[C@H]2C(O)c1ccnc2ccc(OC)cc12. The average Bonchev–Trinajstić information content (AvgIpc) is 2.66. The molecule has 3 unspecified atom stereocenters. The third-order valence-corrected chi connectivity index (χ3v) is 5.82. The monoisotopic (exact) mass is 324 g/mol. The first kappa shape index (κ1) is 15.6. The maximum atomic E-state index is 11.2. The van der Waals surface area contributed by atoms with E-state index in [2.05, 4.69) is 22.5 Å². The van der Waals surface area contributed by atoms with E-state index in [0.717, 1.165) is 41.7 Å². The average molecular weight is 324 g/mol. The molecule has 5 atom stereocenters. The maximum absolute atomic E-state index is 11.2. The highest BCUT2D eigenvalue weighted by Crippen LogP contribution is 2.42. The smallest absolute Gasteiger partial charge is 0.119 e. The van der Waals surface area contributed by atoms with E-state index in [1.807, 2.05) is 24.3 Å². The van der Waals surface area contributed by atoms with Gasteiger partial charge < -0.3 is 9.84 Å². The number of aliphatic hydroxyl groups excluding tert-OH is 1. The summed E-state index contributed by atoms with van der Waals surface area (Å²) in [4.78, 5) is 6.86. The van der Waals surface area contributed by atoms with Crippen molar-refractivity contribution in [1.29, 1.82) is 0 Å². The Balaban J connectivity index is 1.69. The Kier molecular flexibility index (Phi) is 4.02. The number of hydrogen-bond acceptors (Lipinski definition) is 4. The highest BCUT2D eigenvalue weighted by Gasteiger charge is 2.42. The predicted molar refractivity (Wildman–Crippen MR) is 95.0 cm³/mol. The summed E-state index contributed by atoms with van der Waals surface area (Å²) in [5.41, 5.74) is 1.85. The molecule has 5 rings (SSSR count). The molecule has 1 aromatic carbocycles. The second kappa shape index (κ2) is 6.19. The van der Waals surface area contributed by atoms with Gasteiger partial charge >= 0.3 is 0 Å². The molecule has 24 heavy (non-hydrogen) atoms. The summed E-state index contributed by atoms with van der Waals surface area (Å²) in [6.07, 6.45) is 5.62. The minimum absolute atomic E-state index is 0.178. The van der Waals surface area contributed by atoms with Crippen LogP contribution in [0.1, 0.15) is 24.5 Å². The summed E-state index contributed by atoms with van der Waals surface area (Å²) in [5.74, 6) is 2.01. The highest BCUT2D eigenvalue weighted by molar-refractivity contribution is 5.83. The molecular weight excluding hydrogens is 300 g/mol. The Morgan fingerprint density at radius 2 is 2.29 bits per heavy atom. The van der Waals surface area contributed by atoms with Crippen molar-refractivity contribution in [2.75, 3.05) is 20.2 Å². The van der Waals surface area contributed by atoms with Gasteiger partial charge in [-0.3, -0.25) is 9.88 Å². The van der Waals surface area contributed by atoms with Gasteiger partial charge in [-0.25, -0.2) is 0 Å². The first-order chi connectivity index (χ1) is 11.7. The number of pyridine rings is 1. The van der Waals surface area contributed by atoms with E-state index in [4.69, 9.17) is 4.74 Å². The fraction of sp³-hybridized carbons (Fsp3) is 0.450. The molecule has 3 aliphatic heterocycles. The number of nitrogens with zero attached hydrogens (tertiary/aromatic N) is 2. The molecule has 2 aromatic rings. The lowest BCUT2D eigenvalue weighted by atomic mass is 9.73. The van der Waals surface area contributed by atoms with Crippen molar-refractivity contribution in [2.45, 2.75) is 25.0 Å². The topological polar surface area (TPSA) is 45.6 Å². The summed E-state index contributed by atoms with van der Waals surface area (Å²) in [5, 5.41) is 12.1. The van der Waals surface area contributed by atoms with Gasteiger partial charge in [0.05, 0.1) is 18.7 Å². The lowest BCUT2D eigenvalue weighted by Crippen LogP contribution is -2.54. The summed E-state index contributed by atoms with van der Waals surface area (Å²) < 4.78 is 5.35. The Morgan fingerprint density at radius 3 is 3.00 bits per heavy atom. The molecule has 1 aromatic heterocycles. The van der Waals surface area contributed by atoms with Gasteiger partial charge in [-0.1, -0.05) is 6.08 Å². The second-order valence-corrected chi connectivity index (χ2v) is 6.97. The van der Waals surface area contributed by atoms with Gasteiger partial charge in [-0.05, 0) is 61.1 Å². The molecular formula is C20H24N2O2. The van der Waals surface area contributed by atoms with Crippen LogP contribution in [-0.4, -0.2) is 41.2 Å². The Morgan fingerprint density at radius 1 is 1.42 bits per heavy atom. The molecule has 3 saturated heterocycles. The van der Waals surface area contributed by atoms with Gasteiger partial charge in [0.2, 0.25) is 0 Å². The number of aromatic nitrogens is 1. The molecule has 126 valence electrons. The van der Waals surface area contributed by atoms with Crippen LogP contribution in [0.4, 0.5) is 0 Å². The molecule has 4 heteroatoms. The number of benzene rings is 1. The molecule has 2 bridgehead atoms. The summed E-state index contributed by atoms with van der Waals surface area (Å²) >= 11 is 0. The molecule has 3 aliphatic rings. The van der Waals surface area contributed by atoms with Crippen LogP contribution in [0.2, 0.25) is 0 Å². The number of methoxy groups -OCH3 is 1. The number of fused-ring (bicyclic) bond motifs is 4. The molecule has 1 N–H and O–H groups in total. The number of rotatable bonds is 4. The van der Waals surface area contributed by atoms with Gasteiger partial charge in [0, 0.05) is 24.2 Å². The van der Waals surface area contributed by atoms with Gasteiger partial charge in [-0.15, -0.1) is 6.58 Å². The van der Waals surface area contributed by atoms with Crippen molar-refractivity contribution in [1.82, 2.24) is 9.88 Å². The van der Waals surface area contributed by atoms with Gasteiger partial charge in [0.15, 0.2) is 0 Å². The second-order valence-electron chi connectivity index (χ2n) is 6.97. The van der Waals surface area contributed by atoms with Crippen LogP contribution >= 0.6 is 0 Å². The molecule has 3 fully saturated rings. The fourth-order valence-electron chi connectivity index (χ4n) is 4.44. The predicted octanol–water partition coefficient (Wildman–Crippen LogP) is 3.17. The van der Waals surface area contributed by atoms with Crippen LogP contribution in [0.25, 0.3) is 10.9 Å². The van der Waals surface area contributed by atoms with Crippen molar-refractivity contribution in [3.8, 4) is 5.75 Å². The molecule has 0 radical (unpaired) electrons. The van der Waals surface area contributed by atoms with Crippen LogP contribution in [0.15, 0.2) is 43.1 Å². The number of ether oxygens (including phenoxy) is 1. The third-order valence-electron chi connectivity index (χ3n) is 5.82. The molecule has 0 saturated carbocycles. The Hall–Kier alpha value is -1.91. The largest absolute Gasteiger partial charge is 0.497 e. The zero-order valence-corrected chi connectivity index (χ0v) is 14.1. The quantitative estimate of drug-likeness (QED) is 0.878. The first-order valence-corrected chi connectivity index (χ1v) is 8.68. The zero-order valence-electron chi connectivity index (χ0n) is 14.1. The van der Waals surface area contributed by atoms with E-state index in [1.165, 1.54) is 6.42 Å². The van der Waals surface area contributed by atoms with Crippen LogP contribution in [0.3, 0.4) is 0 Å². The number of piperidine rings is 3. The highest BCUT2D eigenvalue weighted by atomic mass is 16.5. The lowest BCUT2D eigenvalue weighted by Gasteiger charge is -2.50. The standard InChI is InChI=1S/C20H24N2O2/c1-3-13-12-22-9-7-14(13)10-19(22)20(23)16-6-8-21-18-5-4-15(24-2)11-17(16)18/h3-6,8,11,13-14,19-20,23H,1,7,9-10,12H2,2H3/t13-,14?,19-,20?/m0/s1. The summed E-state index contributed by atoms with van der Waals surface area (Å²) in [6.45, 7) is 6.07. The molecule has 0 amide bonds. The van der Waals surface area contributed by atoms with E-state index < -0.39 is 6.10 Å². The van der Waals surface area contributed by atoms with Gasteiger partial charge in [-0.2, -0.15) is 0 Å². The first-order valence-electron chi connectivity index (χ1n) is 8.68. The fourth-order valence-corrected chi connectivity index (χ4v) is 4.44. The summed E-state index contributed by atoms with van der Waals surface area (Å²) in [6, 6.07) is 7.96. The summed E-state index contributed by atoms with van der Waals surface area (Å²) in [7, 11) is 1.66. The molecule has 4 nitrogen and oxygen atoms in total. The third kappa shape index (κ3) is 2.50. The van der Waals surface area contributed by atoms with E-state index in [0.29, 0.717) is 11.8 Å². The number of aliphatic hydroxyl groups is 1. The molecule has 0 spiro atoms. The van der Waals surface area contributed by atoms with Crippen LogP contribution in [0, 0.1) is 11.8 Å². The van der Waals surface area contributed by atoms with Crippen molar-refractivity contribution < 1.29 is 9.84 Å². The van der Waals surface area contributed by atoms with Crippen LogP contribution in [0.5, 0.6) is 5.75 Å². The zero-order chi connectivity index (χ0) is 16.7. The van der Waals surface area contributed by atoms with Gasteiger partial charge in [0.1, 0.15) is 5.75 Å². The minimum Gasteiger partial charge on any atom is -0.497 e. The van der Waals surface area contributed by atoms with Crippen molar-refractivity contribution in [3.05, 3.63) is 48.7 Å².